The Morgan fingerprint density at radius 1 is 1.21 bits per heavy atom. The lowest BCUT2D eigenvalue weighted by molar-refractivity contribution is -0.384. The van der Waals surface area contributed by atoms with Crippen molar-refractivity contribution in [3.63, 3.8) is 0 Å². The fourth-order valence-electron chi connectivity index (χ4n) is 2.63. The van der Waals surface area contributed by atoms with Crippen molar-refractivity contribution in [1.82, 2.24) is 14.7 Å². The SMILES string of the molecule is Cc1ccccc1OCCN(C)C(=O)c1cnn(-c2ccc([N+](=O)[O-])cc2)c1. The van der Waals surface area contributed by atoms with Gasteiger partial charge in [0.2, 0.25) is 0 Å². The highest BCUT2D eigenvalue weighted by molar-refractivity contribution is 5.93. The summed E-state index contributed by atoms with van der Waals surface area (Å²) in [5.41, 5.74) is 2.10. The van der Waals surface area contributed by atoms with Crippen LogP contribution in [-0.4, -0.2) is 45.7 Å². The van der Waals surface area contributed by atoms with E-state index in [-0.39, 0.29) is 11.6 Å². The van der Waals surface area contributed by atoms with Crippen molar-refractivity contribution in [3.8, 4) is 11.4 Å². The van der Waals surface area contributed by atoms with Crippen molar-refractivity contribution < 1.29 is 14.5 Å². The Morgan fingerprint density at radius 3 is 2.61 bits per heavy atom. The maximum absolute atomic E-state index is 12.6. The van der Waals surface area contributed by atoms with Gasteiger partial charge in [-0.1, -0.05) is 18.2 Å². The van der Waals surface area contributed by atoms with E-state index in [0.29, 0.717) is 24.4 Å². The van der Waals surface area contributed by atoms with Crippen LogP contribution in [0.5, 0.6) is 5.75 Å². The summed E-state index contributed by atoms with van der Waals surface area (Å²) in [6.45, 7) is 2.77. The van der Waals surface area contributed by atoms with Crippen LogP contribution in [-0.2, 0) is 0 Å². The van der Waals surface area contributed by atoms with Gasteiger partial charge in [-0.15, -0.1) is 0 Å². The van der Waals surface area contributed by atoms with Gasteiger partial charge < -0.3 is 9.64 Å². The molecule has 8 heteroatoms. The lowest BCUT2D eigenvalue weighted by Gasteiger charge is -2.17. The molecule has 0 saturated carbocycles. The normalized spacial score (nSPS) is 10.5. The average Bonchev–Trinajstić information content (AvgIpc) is 3.19. The van der Waals surface area contributed by atoms with Crippen molar-refractivity contribution in [2.75, 3.05) is 20.2 Å². The van der Waals surface area contributed by atoms with Gasteiger partial charge in [0.15, 0.2) is 0 Å². The summed E-state index contributed by atoms with van der Waals surface area (Å²) in [6.07, 6.45) is 3.07. The molecule has 0 atom stereocenters. The molecule has 144 valence electrons. The quantitative estimate of drug-likeness (QED) is 0.464. The maximum atomic E-state index is 12.6. The minimum Gasteiger partial charge on any atom is -0.491 e. The van der Waals surface area contributed by atoms with Crippen LogP contribution in [0.2, 0.25) is 0 Å². The van der Waals surface area contributed by atoms with Gasteiger partial charge in [0.05, 0.1) is 28.9 Å². The summed E-state index contributed by atoms with van der Waals surface area (Å²) in [6, 6.07) is 13.7. The molecule has 0 fully saturated rings. The number of aromatic nitrogens is 2. The summed E-state index contributed by atoms with van der Waals surface area (Å²) >= 11 is 0. The number of non-ortho nitro benzene ring substituents is 1. The molecule has 0 aliphatic heterocycles. The van der Waals surface area contributed by atoms with Crippen LogP contribution in [0.4, 0.5) is 5.69 Å². The molecule has 8 nitrogen and oxygen atoms in total. The zero-order chi connectivity index (χ0) is 20.1. The molecule has 0 unspecified atom stereocenters. The van der Waals surface area contributed by atoms with Crippen LogP contribution in [0.25, 0.3) is 5.69 Å². The van der Waals surface area contributed by atoms with E-state index in [1.165, 1.54) is 23.0 Å². The average molecular weight is 380 g/mol. The number of hydrogen-bond donors (Lipinski definition) is 0. The molecular weight excluding hydrogens is 360 g/mol. The Balaban J connectivity index is 1.60. The third-order valence-electron chi connectivity index (χ3n) is 4.28. The second-order valence-corrected chi connectivity index (χ2v) is 6.29. The molecule has 0 aliphatic carbocycles. The topological polar surface area (TPSA) is 90.5 Å². The zero-order valence-electron chi connectivity index (χ0n) is 15.6. The van der Waals surface area contributed by atoms with E-state index in [9.17, 15) is 14.9 Å². The summed E-state index contributed by atoms with van der Waals surface area (Å²) in [5, 5.41) is 14.9. The van der Waals surface area contributed by atoms with Crippen molar-refractivity contribution >= 4 is 11.6 Å². The van der Waals surface area contributed by atoms with Crippen LogP contribution in [0.1, 0.15) is 15.9 Å². The first kappa shape index (κ1) is 19.1. The standard InChI is InChI=1S/C20H20N4O4/c1-15-5-3-4-6-19(15)28-12-11-22(2)20(25)16-13-21-23(14-16)17-7-9-18(10-8-17)24(26)27/h3-10,13-14H,11-12H2,1-2H3. The number of carbonyl (C=O) groups excluding carboxylic acids is 1. The Bertz CT molecular complexity index is 982. The molecule has 0 N–H and O–H groups in total. The number of nitro groups is 1. The summed E-state index contributed by atoms with van der Waals surface area (Å²) < 4.78 is 7.24. The molecule has 2 aromatic carbocycles. The van der Waals surface area contributed by atoms with Gasteiger partial charge in [-0.25, -0.2) is 4.68 Å². The Hall–Kier alpha value is -3.68. The Labute approximate surface area is 162 Å². The predicted molar refractivity (Wildman–Crippen MR) is 104 cm³/mol. The van der Waals surface area contributed by atoms with Gasteiger partial charge in [-0.05, 0) is 30.7 Å². The summed E-state index contributed by atoms with van der Waals surface area (Å²) in [7, 11) is 1.70. The molecule has 3 aromatic rings. The molecule has 1 amide bonds. The molecule has 1 aromatic heterocycles. The van der Waals surface area contributed by atoms with Crippen LogP contribution >= 0.6 is 0 Å². The van der Waals surface area contributed by atoms with Gasteiger partial charge in [0, 0.05) is 25.4 Å². The number of carbonyl (C=O) groups is 1. The van der Waals surface area contributed by atoms with E-state index >= 15 is 0 Å². The number of aryl methyl sites for hydroxylation is 1. The number of hydrogen-bond acceptors (Lipinski definition) is 5. The van der Waals surface area contributed by atoms with Gasteiger partial charge in [-0.3, -0.25) is 14.9 Å². The fraction of sp³-hybridized carbons (Fsp3) is 0.200. The van der Waals surface area contributed by atoms with E-state index in [4.69, 9.17) is 4.74 Å². The van der Waals surface area contributed by atoms with Crippen molar-refractivity contribution in [3.05, 3.63) is 82.2 Å². The van der Waals surface area contributed by atoms with Gasteiger partial charge in [0.1, 0.15) is 12.4 Å². The van der Waals surface area contributed by atoms with E-state index in [1.807, 2.05) is 31.2 Å². The fourth-order valence-corrected chi connectivity index (χ4v) is 2.63. The number of likely N-dealkylation sites (N-methyl/N-ethyl adjacent to an activating group) is 1. The van der Waals surface area contributed by atoms with Gasteiger partial charge in [0.25, 0.3) is 11.6 Å². The van der Waals surface area contributed by atoms with Crippen LogP contribution < -0.4 is 4.74 Å². The lowest BCUT2D eigenvalue weighted by Crippen LogP contribution is -2.30. The van der Waals surface area contributed by atoms with Crippen LogP contribution in [0.3, 0.4) is 0 Å². The highest BCUT2D eigenvalue weighted by Gasteiger charge is 2.15. The second kappa shape index (κ2) is 8.34. The molecule has 0 bridgehead atoms. The third kappa shape index (κ3) is 4.35. The smallest absolute Gasteiger partial charge is 0.269 e. The zero-order valence-corrected chi connectivity index (χ0v) is 15.6. The number of rotatable bonds is 7. The summed E-state index contributed by atoms with van der Waals surface area (Å²) in [5.74, 6) is 0.621. The van der Waals surface area contributed by atoms with E-state index < -0.39 is 4.92 Å². The van der Waals surface area contributed by atoms with Crippen LogP contribution in [0.15, 0.2) is 60.9 Å². The monoisotopic (exact) mass is 380 g/mol. The minimum atomic E-state index is -0.463. The number of nitrogens with zero attached hydrogens (tertiary/aromatic N) is 4. The molecule has 3 rings (SSSR count). The molecule has 28 heavy (non-hydrogen) atoms. The first-order chi connectivity index (χ1) is 13.5. The Morgan fingerprint density at radius 2 is 1.93 bits per heavy atom. The molecule has 0 spiro atoms. The predicted octanol–water partition coefficient (Wildman–Crippen LogP) is 3.24. The maximum Gasteiger partial charge on any atom is 0.269 e. The van der Waals surface area contributed by atoms with E-state index in [2.05, 4.69) is 5.10 Å². The molecule has 1 heterocycles. The first-order valence-corrected chi connectivity index (χ1v) is 8.69. The molecule has 0 saturated heterocycles. The number of benzene rings is 2. The molecular formula is C20H20N4O4. The summed E-state index contributed by atoms with van der Waals surface area (Å²) in [4.78, 5) is 24.4. The Kier molecular flexibility index (Phi) is 5.69. The highest BCUT2D eigenvalue weighted by Crippen LogP contribution is 2.17. The van der Waals surface area contributed by atoms with E-state index in [1.54, 1.807) is 30.3 Å². The highest BCUT2D eigenvalue weighted by atomic mass is 16.6. The van der Waals surface area contributed by atoms with Gasteiger partial charge in [-0.2, -0.15) is 5.10 Å². The molecule has 0 radical (unpaired) electrons. The largest absolute Gasteiger partial charge is 0.491 e. The third-order valence-corrected chi connectivity index (χ3v) is 4.28. The lowest BCUT2D eigenvalue weighted by atomic mass is 10.2. The molecule has 0 aliphatic rings. The number of para-hydroxylation sites is 1. The van der Waals surface area contributed by atoms with Crippen molar-refractivity contribution in [2.24, 2.45) is 0 Å². The van der Waals surface area contributed by atoms with Crippen LogP contribution in [0, 0.1) is 17.0 Å². The number of amides is 1. The minimum absolute atomic E-state index is 0.000548. The van der Waals surface area contributed by atoms with Crippen molar-refractivity contribution in [1.29, 1.82) is 0 Å². The first-order valence-electron chi connectivity index (χ1n) is 8.69. The van der Waals surface area contributed by atoms with Gasteiger partial charge >= 0.3 is 0 Å². The number of nitro benzene ring substituents is 1. The van der Waals surface area contributed by atoms with E-state index in [0.717, 1.165) is 11.3 Å². The second-order valence-electron chi connectivity index (χ2n) is 6.29. The number of ether oxygens (including phenoxy) is 1. The van der Waals surface area contributed by atoms with Crippen molar-refractivity contribution in [2.45, 2.75) is 6.92 Å².